The molecule has 0 amide bonds. The molecular formula is C10H13F2NO2S. The molecule has 0 aliphatic carbocycles. The summed E-state index contributed by atoms with van der Waals surface area (Å²) in [5.41, 5.74) is 5.59. The largest absolute Gasteiger partial charge is 0.328 e. The topological polar surface area (TPSA) is 60.2 Å². The van der Waals surface area contributed by atoms with Gasteiger partial charge in [-0.1, -0.05) is 6.07 Å². The first-order chi connectivity index (χ1) is 7.23. The summed E-state index contributed by atoms with van der Waals surface area (Å²) in [5.74, 6) is -2.12. The molecule has 1 rings (SSSR count). The minimum Gasteiger partial charge on any atom is -0.328 e. The van der Waals surface area contributed by atoms with E-state index in [4.69, 9.17) is 5.73 Å². The summed E-state index contributed by atoms with van der Waals surface area (Å²) < 4.78 is 49.3. The lowest BCUT2D eigenvalue weighted by Crippen LogP contribution is -2.19. The van der Waals surface area contributed by atoms with Gasteiger partial charge in [0.1, 0.15) is 16.5 Å². The number of halogens is 2. The van der Waals surface area contributed by atoms with E-state index in [-0.39, 0.29) is 18.0 Å². The van der Waals surface area contributed by atoms with Crippen LogP contribution in [-0.4, -0.2) is 20.7 Å². The van der Waals surface area contributed by atoms with Crippen molar-refractivity contribution in [3.63, 3.8) is 0 Å². The van der Waals surface area contributed by atoms with Gasteiger partial charge < -0.3 is 5.73 Å². The average Bonchev–Trinajstić information content (AvgIpc) is 2.07. The number of hydrogen-bond acceptors (Lipinski definition) is 3. The molecule has 0 spiro atoms. The highest BCUT2D eigenvalue weighted by molar-refractivity contribution is 7.90. The van der Waals surface area contributed by atoms with Crippen LogP contribution < -0.4 is 5.73 Å². The smallest absolute Gasteiger partial charge is 0.181 e. The normalized spacial score (nSPS) is 13.8. The van der Waals surface area contributed by atoms with Crippen LogP contribution in [0.2, 0.25) is 0 Å². The Hall–Kier alpha value is -1.01. The highest BCUT2D eigenvalue weighted by Crippen LogP contribution is 2.22. The van der Waals surface area contributed by atoms with E-state index in [1.165, 1.54) is 6.07 Å². The summed E-state index contributed by atoms with van der Waals surface area (Å²) in [7, 11) is -3.91. The Morgan fingerprint density at radius 3 is 2.38 bits per heavy atom. The van der Waals surface area contributed by atoms with E-state index in [1.54, 1.807) is 6.92 Å². The Labute approximate surface area is 93.2 Å². The summed E-state index contributed by atoms with van der Waals surface area (Å²) >= 11 is 0. The van der Waals surface area contributed by atoms with Gasteiger partial charge in [0.15, 0.2) is 9.84 Å². The fraction of sp³-hybridized carbons (Fsp3) is 0.400. The maximum Gasteiger partial charge on any atom is 0.181 e. The standard InChI is InChI=1S/C10H13F2NO2S/c1-6(13)5-7-3-4-8(11)10(9(7)12)16(2,14)15/h3-4,6H,5,13H2,1-2H3. The molecule has 1 atom stereocenters. The molecule has 0 bridgehead atoms. The van der Waals surface area contributed by atoms with Gasteiger partial charge in [0.2, 0.25) is 0 Å². The maximum absolute atomic E-state index is 13.7. The minimum absolute atomic E-state index is 0.108. The van der Waals surface area contributed by atoms with Crippen molar-refractivity contribution in [2.24, 2.45) is 5.73 Å². The average molecular weight is 249 g/mol. The molecule has 0 saturated heterocycles. The van der Waals surface area contributed by atoms with Crippen LogP contribution in [0.25, 0.3) is 0 Å². The van der Waals surface area contributed by atoms with Crippen LogP contribution in [0.5, 0.6) is 0 Å². The van der Waals surface area contributed by atoms with Crippen LogP contribution in [-0.2, 0) is 16.3 Å². The zero-order valence-corrected chi connectivity index (χ0v) is 9.81. The summed E-state index contributed by atoms with van der Waals surface area (Å²) in [6.07, 6.45) is 0.929. The van der Waals surface area contributed by atoms with Gasteiger partial charge in [0, 0.05) is 12.3 Å². The second-order valence-corrected chi connectivity index (χ2v) is 5.76. The molecule has 0 radical (unpaired) electrons. The van der Waals surface area contributed by atoms with Crippen LogP contribution in [0.3, 0.4) is 0 Å². The molecule has 0 aliphatic heterocycles. The molecule has 2 N–H and O–H groups in total. The van der Waals surface area contributed by atoms with E-state index in [0.29, 0.717) is 0 Å². The van der Waals surface area contributed by atoms with Crippen LogP contribution in [0.15, 0.2) is 17.0 Å². The van der Waals surface area contributed by atoms with Gasteiger partial charge >= 0.3 is 0 Å². The summed E-state index contributed by atoms with van der Waals surface area (Å²) in [6, 6.07) is 1.83. The molecule has 0 saturated carbocycles. The quantitative estimate of drug-likeness (QED) is 0.877. The van der Waals surface area contributed by atoms with Crippen molar-refractivity contribution < 1.29 is 17.2 Å². The molecule has 0 aliphatic rings. The summed E-state index contributed by atoms with van der Waals surface area (Å²) in [5, 5.41) is 0. The van der Waals surface area contributed by atoms with Gasteiger partial charge in [0.25, 0.3) is 0 Å². The maximum atomic E-state index is 13.7. The molecule has 0 fully saturated rings. The van der Waals surface area contributed by atoms with Crippen molar-refractivity contribution >= 4 is 9.84 Å². The first kappa shape index (κ1) is 13.1. The van der Waals surface area contributed by atoms with E-state index >= 15 is 0 Å². The van der Waals surface area contributed by atoms with Crippen molar-refractivity contribution in [2.75, 3.05) is 6.26 Å². The van der Waals surface area contributed by atoms with Crippen molar-refractivity contribution in [1.29, 1.82) is 0 Å². The Morgan fingerprint density at radius 1 is 1.38 bits per heavy atom. The van der Waals surface area contributed by atoms with E-state index in [9.17, 15) is 17.2 Å². The number of benzene rings is 1. The molecule has 1 unspecified atom stereocenters. The van der Waals surface area contributed by atoms with E-state index in [1.807, 2.05) is 0 Å². The lowest BCUT2D eigenvalue weighted by Gasteiger charge is -2.10. The first-order valence-corrected chi connectivity index (χ1v) is 6.55. The number of hydrogen-bond donors (Lipinski definition) is 1. The predicted octanol–water partition coefficient (Wildman–Crippen LogP) is 1.26. The Bertz CT molecular complexity index is 498. The Balaban J connectivity index is 3.39. The van der Waals surface area contributed by atoms with E-state index < -0.39 is 26.4 Å². The van der Waals surface area contributed by atoms with Crippen LogP contribution in [0.1, 0.15) is 12.5 Å². The number of rotatable bonds is 3. The first-order valence-electron chi connectivity index (χ1n) is 4.66. The van der Waals surface area contributed by atoms with Gasteiger partial charge in [-0.25, -0.2) is 17.2 Å². The third-order valence-electron chi connectivity index (χ3n) is 2.04. The van der Waals surface area contributed by atoms with Crippen molar-refractivity contribution in [2.45, 2.75) is 24.3 Å². The van der Waals surface area contributed by atoms with Gasteiger partial charge in [0.05, 0.1) is 0 Å². The zero-order chi connectivity index (χ0) is 12.5. The molecule has 16 heavy (non-hydrogen) atoms. The molecule has 0 aromatic heterocycles. The third-order valence-corrected chi connectivity index (χ3v) is 3.16. The SMILES string of the molecule is CC(N)Cc1ccc(F)c(S(C)(=O)=O)c1F. The van der Waals surface area contributed by atoms with Crippen LogP contribution in [0.4, 0.5) is 8.78 Å². The van der Waals surface area contributed by atoms with Gasteiger partial charge in [-0.05, 0) is 25.0 Å². The molecular weight excluding hydrogens is 236 g/mol. The van der Waals surface area contributed by atoms with Crippen molar-refractivity contribution in [3.8, 4) is 0 Å². The predicted molar refractivity (Wildman–Crippen MR) is 56.8 cm³/mol. The molecule has 90 valence electrons. The van der Waals surface area contributed by atoms with E-state index in [0.717, 1.165) is 12.3 Å². The lowest BCUT2D eigenvalue weighted by molar-refractivity contribution is 0.509. The van der Waals surface area contributed by atoms with Crippen LogP contribution >= 0.6 is 0 Å². The molecule has 1 aromatic carbocycles. The van der Waals surface area contributed by atoms with Gasteiger partial charge in [-0.15, -0.1) is 0 Å². The van der Waals surface area contributed by atoms with Gasteiger partial charge in [-0.2, -0.15) is 0 Å². The second kappa shape index (κ2) is 4.47. The zero-order valence-electron chi connectivity index (χ0n) is 9.00. The highest BCUT2D eigenvalue weighted by atomic mass is 32.2. The fourth-order valence-corrected chi connectivity index (χ4v) is 2.30. The summed E-state index contributed by atoms with van der Waals surface area (Å²) in [4.78, 5) is -0.884. The van der Waals surface area contributed by atoms with E-state index in [2.05, 4.69) is 0 Å². The fourth-order valence-electron chi connectivity index (χ4n) is 1.42. The molecule has 6 heteroatoms. The number of nitrogens with two attached hydrogens (primary N) is 1. The second-order valence-electron chi connectivity index (χ2n) is 3.80. The molecule has 1 aromatic rings. The van der Waals surface area contributed by atoms with Crippen molar-refractivity contribution in [1.82, 2.24) is 0 Å². The lowest BCUT2D eigenvalue weighted by atomic mass is 10.1. The molecule has 0 heterocycles. The Kier molecular flexibility index (Phi) is 3.64. The van der Waals surface area contributed by atoms with Crippen molar-refractivity contribution in [3.05, 3.63) is 29.3 Å². The minimum atomic E-state index is -3.91. The highest BCUT2D eigenvalue weighted by Gasteiger charge is 2.22. The number of sulfone groups is 1. The summed E-state index contributed by atoms with van der Waals surface area (Å²) in [6.45, 7) is 1.66. The van der Waals surface area contributed by atoms with Crippen LogP contribution in [0, 0.1) is 11.6 Å². The van der Waals surface area contributed by atoms with Gasteiger partial charge in [-0.3, -0.25) is 0 Å². The third kappa shape index (κ3) is 2.76. The Morgan fingerprint density at radius 2 is 1.94 bits per heavy atom. The monoisotopic (exact) mass is 249 g/mol. The molecule has 3 nitrogen and oxygen atoms in total.